The zero-order valence-corrected chi connectivity index (χ0v) is 24.6. The van der Waals surface area contributed by atoms with Crippen LogP contribution in [0.3, 0.4) is 0 Å². The van der Waals surface area contributed by atoms with E-state index in [9.17, 15) is 14.4 Å². The van der Waals surface area contributed by atoms with E-state index in [0.29, 0.717) is 49.6 Å². The summed E-state index contributed by atoms with van der Waals surface area (Å²) in [7, 11) is 0. The highest BCUT2D eigenvalue weighted by Crippen LogP contribution is 2.62. The number of likely N-dealkylation sites (tertiary alicyclic amines) is 1. The molecule has 2 saturated heterocycles. The number of amides is 3. The van der Waals surface area contributed by atoms with Gasteiger partial charge in [-0.15, -0.1) is 0 Å². The highest BCUT2D eigenvalue weighted by Gasteiger charge is 2.56. The molecule has 2 aliphatic heterocycles. The largest absolute Gasteiger partial charge is 0.368 e. The molecule has 2 saturated carbocycles. The second-order valence-electron chi connectivity index (χ2n) is 13.1. The predicted octanol–water partition coefficient (Wildman–Crippen LogP) is 2.89. The molecule has 9 nitrogen and oxygen atoms in total. The number of nitrogens with zero attached hydrogens (tertiary/aromatic N) is 5. The van der Waals surface area contributed by atoms with Crippen LogP contribution in [0.25, 0.3) is 0 Å². The predicted molar refractivity (Wildman–Crippen MR) is 156 cm³/mol. The van der Waals surface area contributed by atoms with Gasteiger partial charge in [0.2, 0.25) is 11.8 Å². The molecule has 0 radical (unpaired) electrons. The third kappa shape index (κ3) is 4.81. The number of piperidine rings is 1. The van der Waals surface area contributed by atoms with E-state index in [-0.39, 0.29) is 36.2 Å². The van der Waals surface area contributed by atoms with E-state index in [0.717, 1.165) is 56.5 Å². The SMILES string of the molecule is Cc1cccc(N2CCN(C(=O)Cn3nc(C(=O)N4CCC(NC(=O)C5CC5)CC4)c4c3CC3C(C)C43)CC2)c1C. The molecule has 1 aromatic heterocycles. The Morgan fingerprint density at radius 3 is 2.39 bits per heavy atom. The van der Waals surface area contributed by atoms with Gasteiger partial charge in [-0.25, -0.2) is 0 Å². The first kappa shape index (κ1) is 26.5. The molecule has 1 N–H and O–H groups in total. The third-order valence-corrected chi connectivity index (χ3v) is 10.5. The van der Waals surface area contributed by atoms with Crippen LogP contribution in [0.2, 0.25) is 0 Å². The Morgan fingerprint density at radius 1 is 0.951 bits per heavy atom. The maximum Gasteiger partial charge on any atom is 0.274 e. The Bertz CT molecular complexity index is 1380. The fraction of sp³-hybridized carbons (Fsp3) is 0.625. The number of aryl methyl sites for hydroxylation is 1. The van der Waals surface area contributed by atoms with Crippen molar-refractivity contribution in [3.63, 3.8) is 0 Å². The number of piperazine rings is 1. The quantitative estimate of drug-likeness (QED) is 0.589. The first-order chi connectivity index (χ1) is 19.8. The third-order valence-electron chi connectivity index (χ3n) is 10.5. The molecule has 9 heteroatoms. The second kappa shape index (κ2) is 10.2. The molecular weight excluding hydrogens is 516 g/mol. The van der Waals surface area contributed by atoms with E-state index in [1.807, 2.05) is 14.5 Å². The van der Waals surface area contributed by atoms with Gasteiger partial charge in [-0.05, 0) is 80.9 Å². The van der Waals surface area contributed by atoms with Crippen molar-refractivity contribution in [1.82, 2.24) is 24.9 Å². The minimum atomic E-state index is -0.0127. The number of carbonyl (C=O) groups is 3. The smallest absolute Gasteiger partial charge is 0.274 e. The second-order valence-corrected chi connectivity index (χ2v) is 13.1. The van der Waals surface area contributed by atoms with Crippen LogP contribution >= 0.6 is 0 Å². The van der Waals surface area contributed by atoms with Crippen molar-refractivity contribution in [2.24, 2.45) is 17.8 Å². The number of hydrogen-bond acceptors (Lipinski definition) is 5. The van der Waals surface area contributed by atoms with Crippen LogP contribution in [0.15, 0.2) is 18.2 Å². The number of aromatic nitrogens is 2. The zero-order valence-electron chi connectivity index (χ0n) is 24.6. The topological polar surface area (TPSA) is 90.8 Å². The highest BCUT2D eigenvalue weighted by molar-refractivity contribution is 5.95. The Labute approximate surface area is 242 Å². The summed E-state index contributed by atoms with van der Waals surface area (Å²) in [5.41, 5.74) is 6.60. The lowest BCUT2D eigenvalue weighted by Crippen LogP contribution is -2.50. The lowest BCUT2D eigenvalue weighted by Gasteiger charge is -2.37. The van der Waals surface area contributed by atoms with Gasteiger partial charge in [0.1, 0.15) is 6.54 Å². The lowest BCUT2D eigenvalue weighted by molar-refractivity contribution is -0.132. The maximum atomic E-state index is 13.8. The molecule has 0 spiro atoms. The van der Waals surface area contributed by atoms with Gasteiger partial charge in [0.05, 0.1) is 0 Å². The fourth-order valence-electron chi connectivity index (χ4n) is 7.47. The van der Waals surface area contributed by atoms with Crippen LogP contribution in [0.5, 0.6) is 0 Å². The number of anilines is 1. The van der Waals surface area contributed by atoms with Gasteiger partial charge in [-0.2, -0.15) is 5.10 Å². The van der Waals surface area contributed by atoms with Crippen LogP contribution in [0, 0.1) is 31.6 Å². The van der Waals surface area contributed by atoms with Gasteiger partial charge >= 0.3 is 0 Å². The van der Waals surface area contributed by atoms with Crippen LogP contribution in [0.4, 0.5) is 5.69 Å². The maximum absolute atomic E-state index is 13.8. The van der Waals surface area contributed by atoms with Crippen LogP contribution < -0.4 is 10.2 Å². The lowest BCUT2D eigenvalue weighted by atomic mass is 10.0. The minimum Gasteiger partial charge on any atom is -0.368 e. The highest BCUT2D eigenvalue weighted by atomic mass is 16.2. The number of rotatable bonds is 6. The molecule has 2 aromatic rings. The molecule has 5 aliphatic rings. The standard InChI is InChI=1S/C32H42N6O3/c1-19-5-4-6-25(20(19)2)35-13-15-36(16-14-35)27(39)18-38-26-17-24-21(3)28(24)29(26)30(34-38)32(41)37-11-9-23(10-12-37)33-31(40)22-7-8-22/h4-6,21-24,28H,7-18H2,1-3H3,(H,33,40). The van der Waals surface area contributed by atoms with Crippen LogP contribution in [0.1, 0.15) is 71.4 Å². The van der Waals surface area contributed by atoms with E-state index in [4.69, 9.17) is 5.10 Å². The molecule has 3 unspecified atom stereocenters. The first-order valence-corrected chi connectivity index (χ1v) is 15.6. The molecule has 3 heterocycles. The van der Waals surface area contributed by atoms with Crippen molar-refractivity contribution in [2.45, 2.75) is 71.4 Å². The molecule has 3 atom stereocenters. The Balaban J connectivity index is 1.01. The van der Waals surface area contributed by atoms with Gasteiger partial charge in [0.25, 0.3) is 5.91 Å². The summed E-state index contributed by atoms with van der Waals surface area (Å²) in [6.07, 6.45) is 4.47. The van der Waals surface area contributed by atoms with Crippen molar-refractivity contribution in [3.05, 3.63) is 46.3 Å². The zero-order chi connectivity index (χ0) is 28.4. The molecule has 3 aliphatic carbocycles. The van der Waals surface area contributed by atoms with Crippen molar-refractivity contribution in [2.75, 3.05) is 44.2 Å². The molecule has 41 heavy (non-hydrogen) atoms. The number of nitrogens with one attached hydrogen (secondary N) is 1. The Morgan fingerprint density at radius 2 is 1.68 bits per heavy atom. The summed E-state index contributed by atoms with van der Waals surface area (Å²) in [5, 5.41) is 8.01. The number of benzene rings is 1. The average Bonchev–Trinajstić information content (AvgIpc) is 3.85. The normalized spacial score (nSPS) is 25.6. The van der Waals surface area contributed by atoms with Crippen LogP contribution in [-0.4, -0.2) is 82.6 Å². The molecule has 3 amide bonds. The number of hydrogen-bond donors (Lipinski definition) is 1. The fourth-order valence-corrected chi connectivity index (χ4v) is 7.47. The van der Waals surface area contributed by atoms with E-state index >= 15 is 0 Å². The summed E-state index contributed by atoms with van der Waals surface area (Å²) in [6, 6.07) is 6.57. The van der Waals surface area contributed by atoms with Gasteiger partial charge in [-0.1, -0.05) is 19.1 Å². The average molecular weight is 559 g/mol. The number of carbonyl (C=O) groups excluding carboxylic acids is 3. The van der Waals surface area contributed by atoms with Crippen molar-refractivity contribution in [3.8, 4) is 0 Å². The monoisotopic (exact) mass is 558 g/mol. The van der Waals surface area contributed by atoms with Crippen molar-refractivity contribution >= 4 is 23.4 Å². The number of fused-ring (bicyclic) bond motifs is 3. The van der Waals surface area contributed by atoms with Crippen molar-refractivity contribution < 1.29 is 14.4 Å². The summed E-state index contributed by atoms with van der Waals surface area (Å²) in [6.45, 7) is 11.0. The van der Waals surface area contributed by atoms with Gasteiger partial charge in [-0.3, -0.25) is 19.1 Å². The van der Waals surface area contributed by atoms with E-state index < -0.39 is 0 Å². The van der Waals surface area contributed by atoms with E-state index in [1.54, 1.807) is 0 Å². The van der Waals surface area contributed by atoms with Crippen LogP contribution in [-0.2, 0) is 22.6 Å². The molecule has 4 fully saturated rings. The Kier molecular flexibility index (Phi) is 6.58. The van der Waals surface area contributed by atoms with E-state index in [2.05, 4.69) is 49.2 Å². The molecule has 218 valence electrons. The molecule has 1 aromatic carbocycles. The summed E-state index contributed by atoms with van der Waals surface area (Å²) < 4.78 is 1.85. The molecule has 7 rings (SSSR count). The molecular formula is C32H42N6O3. The van der Waals surface area contributed by atoms with Gasteiger partial charge in [0, 0.05) is 68.2 Å². The summed E-state index contributed by atoms with van der Waals surface area (Å²) >= 11 is 0. The first-order valence-electron chi connectivity index (χ1n) is 15.6. The summed E-state index contributed by atoms with van der Waals surface area (Å²) in [5.74, 6) is 1.99. The van der Waals surface area contributed by atoms with Crippen molar-refractivity contribution in [1.29, 1.82) is 0 Å². The van der Waals surface area contributed by atoms with Gasteiger partial charge in [0.15, 0.2) is 5.69 Å². The minimum absolute atomic E-state index is 0.0127. The molecule has 0 bridgehead atoms. The Hall–Kier alpha value is -3.36. The van der Waals surface area contributed by atoms with Gasteiger partial charge < -0.3 is 20.0 Å². The summed E-state index contributed by atoms with van der Waals surface area (Å²) in [4.78, 5) is 45.6. The van der Waals surface area contributed by atoms with E-state index in [1.165, 1.54) is 16.8 Å².